The van der Waals surface area contributed by atoms with E-state index in [-0.39, 0.29) is 42.0 Å². The van der Waals surface area contributed by atoms with Crippen molar-refractivity contribution in [1.29, 1.82) is 0 Å². The Morgan fingerprint density at radius 2 is 2.00 bits per heavy atom. The number of hydrogen-bond donors (Lipinski definition) is 2. The second-order valence-corrected chi connectivity index (χ2v) is 10.0. The molecule has 3 aliphatic rings. The Morgan fingerprint density at radius 1 is 1.32 bits per heavy atom. The number of aliphatic hydroxyl groups excluding tert-OH is 2. The molecule has 8 atom stereocenters. The van der Waals surface area contributed by atoms with Crippen LogP contribution in [-0.4, -0.2) is 40.8 Å². The molecule has 2 N–H and O–H groups in total. The lowest BCUT2D eigenvalue weighted by Gasteiger charge is -2.61. The first kappa shape index (κ1) is 21.5. The van der Waals surface area contributed by atoms with E-state index in [0.717, 1.165) is 19.3 Å². The number of hydrogen-bond acceptors (Lipinski definition) is 5. The smallest absolute Gasteiger partial charge is 0.308 e. The van der Waals surface area contributed by atoms with E-state index < -0.39 is 29.0 Å². The van der Waals surface area contributed by atoms with Crippen molar-refractivity contribution in [3.63, 3.8) is 0 Å². The second-order valence-electron chi connectivity index (χ2n) is 10.0. The maximum absolute atomic E-state index is 13.2. The van der Waals surface area contributed by atoms with Gasteiger partial charge >= 0.3 is 5.97 Å². The molecule has 5 heteroatoms. The number of carbonyl (C=O) groups is 2. The van der Waals surface area contributed by atoms with Gasteiger partial charge in [0.05, 0.1) is 19.1 Å². The molecule has 0 aromatic carbocycles. The summed E-state index contributed by atoms with van der Waals surface area (Å²) in [7, 11) is 0. The second kappa shape index (κ2) is 7.24. The van der Waals surface area contributed by atoms with Gasteiger partial charge in [-0.25, -0.2) is 0 Å². The van der Waals surface area contributed by atoms with Crippen molar-refractivity contribution in [3.05, 3.63) is 12.7 Å². The lowest BCUT2D eigenvalue weighted by molar-refractivity contribution is -0.207. The van der Waals surface area contributed by atoms with Crippen LogP contribution in [0.5, 0.6) is 0 Å². The summed E-state index contributed by atoms with van der Waals surface area (Å²) in [5.74, 6) is -0.228. The molecule has 28 heavy (non-hydrogen) atoms. The van der Waals surface area contributed by atoms with Crippen LogP contribution in [0, 0.1) is 34.0 Å². The fourth-order valence-electron chi connectivity index (χ4n) is 6.81. The first-order valence-corrected chi connectivity index (χ1v) is 10.7. The Hall–Kier alpha value is -1.20. The van der Waals surface area contributed by atoms with Gasteiger partial charge in [0.25, 0.3) is 0 Å². The summed E-state index contributed by atoms with van der Waals surface area (Å²) in [6.07, 6.45) is 4.20. The predicted molar refractivity (Wildman–Crippen MR) is 106 cm³/mol. The molecule has 0 amide bonds. The Morgan fingerprint density at radius 3 is 2.61 bits per heavy atom. The monoisotopic (exact) mass is 392 g/mol. The minimum absolute atomic E-state index is 0.0344. The maximum Gasteiger partial charge on any atom is 0.308 e. The van der Waals surface area contributed by atoms with Crippen molar-refractivity contribution in [2.75, 3.05) is 6.61 Å². The van der Waals surface area contributed by atoms with Crippen LogP contribution in [0.15, 0.2) is 12.7 Å². The van der Waals surface area contributed by atoms with Crippen molar-refractivity contribution in [2.24, 2.45) is 34.0 Å². The SMILES string of the molecule is C=C[C@@]1(C)C[C@@H](OC(=O)CCO)[C@]2(C)[C@H](C)CC[C@]3(CCC(=O)[C@H]32)[C@@H](C)[C@@H]1O. The number of carbonyl (C=O) groups excluding carboxylic acids is 2. The highest BCUT2D eigenvalue weighted by Gasteiger charge is 2.68. The van der Waals surface area contributed by atoms with Crippen molar-refractivity contribution in [3.8, 4) is 0 Å². The molecular weight excluding hydrogens is 356 g/mol. The lowest BCUT2D eigenvalue weighted by Crippen LogP contribution is -2.63. The van der Waals surface area contributed by atoms with E-state index in [0.29, 0.717) is 12.8 Å². The molecule has 158 valence electrons. The van der Waals surface area contributed by atoms with Gasteiger partial charge in [-0.15, -0.1) is 6.58 Å². The Bertz CT molecular complexity index is 659. The summed E-state index contributed by atoms with van der Waals surface area (Å²) in [5, 5.41) is 20.5. The van der Waals surface area contributed by atoms with Crippen LogP contribution in [0.4, 0.5) is 0 Å². The van der Waals surface area contributed by atoms with Gasteiger partial charge in [0, 0.05) is 23.2 Å². The molecule has 0 spiro atoms. The van der Waals surface area contributed by atoms with E-state index in [1.54, 1.807) is 6.08 Å². The Labute approximate surface area is 168 Å². The highest BCUT2D eigenvalue weighted by Crippen LogP contribution is 2.67. The molecule has 3 rings (SSSR count). The van der Waals surface area contributed by atoms with Crippen LogP contribution < -0.4 is 0 Å². The summed E-state index contributed by atoms with van der Waals surface area (Å²) in [6, 6.07) is 0. The largest absolute Gasteiger partial charge is 0.462 e. The van der Waals surface area contributed by atoms with Crippen molar-refractivity contribution < 1.29 is 24.5 Å². The van der Waals surface area contributed by atoms with E-state index in [2.05, 4.69) is 27.4 Å². The predicted octanol–water partition coefficient (Wildman–Crippen LogP) is 3.28. The fraction of sp³-hybridized carbons (Fsp3) is 0.826. The first-order valence-electron chi connectivity index (χ1n) is 10.7. The third kappa shape index (κ3) is 2.88. The van der Waals surface area contributed by atoms with E-state index in [9.17, 15) is 14.7 Å². The van der Waals surface area contributed by atoms with Crippen LogP contribution in [0.3, 0.4) is 0 Å². The van der Waals surface area contributed by atoms with E-state index in [4.69, 9.17) is 9.84 Å². The number of aliphatic hydroxyl groups is 2. The van der Waals surface area contributed by atoms with Gasteiger partial charge in [-0.3, -0.25) is 9.59 Å². The zero-order valence-electron chi connectivity index (χ0n) is 17.7. The molecular formula is C23H36O5. The molecule has 0 unspecified atom stereocenters. The summed E-state index contributed by atoms with van der Waals surface area (Å²) in [5.41, 5.74) is -1.37. The molecule has 0 heterocycles. The molecule has 0 radical (unpaired) electrons. The van der Waals surface area contributed by atoms with Crippen LogP contribution in [0.25, 0.3) is 0 Å². The highest BCUT2D eigenvalue weighted by atomic mass is 16.5. The number of ether oxygens (including phenoxy) is 1. The van der Waals surface area contributed by atoms with E-state index in [1.165, 1.54) is 0 Å². The number of esters is 1. The third-order valence-corrected chi connectivity index (χ3v) is 8.89. The zero-order valence-corrected chi connectivity index (χ0v) is 17.7. The van der Waals surface area contributed by atoms with Gasteiger partial charge < -0.3 is 14.9 Å². The lowest BCUT2D eigenvalue weighted by atomic mass is 9.44. The summed E-state index contributed by atoms with van der Waals surface area (Å²) in [6.45, 7) is 12.1. The maximum atomic E-state index is 13.2. The number of rotatable bonds is 4. The Kier molecular flexibility index (Phi) is 5.56. The molecule has 3 saturated carbocycles. The summed E-state index contributed by atoms with van der Waals surface area (Å²) < 4.78 is 5.95. The molecule has 5 nitrogen and oxygen atoms in total. The molecule has 2 bridgehead atoms. The molecule has 3 fully saturated rings. The highest BCUT2D eigenvalue weighted by molar-refractivity contribution is 5.85. The van der Waals surface area contributed by atoms with Crippen LogP contribution in [0.1, 0.15) is 66.2 Å². The van der Waals surface area contributed by atoms with Gasteiger partial charge in [0.15, 0.2) is 0 Å². The molecule has 0 saturated heterocycles. The van der Waals surface area contributed by atoms with Crippen LogP contribution in [-0.2, 0) is 14.3 Å². The number of Topliss-reactive ketones (excluding diaryl/α,β-unsaturated/α-hetero) is 1. The first-order chi connectivity index (χ1) is 13.1. The van der Waals surface area contributed by atoms with Crippen LogP contribution in [0.2, 0.25) is 0 Å². The van der Waals surface area contributed by atoms with Gasteiger partial charge in [0.1, 0.15) is 11.9 Å². The minimum atomic E-state index is -0.657. The van der Waals surface area contributed by atoms with Gasteiger partial charge in [0.2, 0.25) is 0 Å². The summed E-state index contributed by atoms with van der Waals surface area (Å²) in [4.78, 5) is 25.6. The van der Waals surface area contributed by atoms with Crippen molar-refractivity contribution in [1.82, 2.24) is 0 Å². The fourth-order valence-corrected chi connectivity index (χ4v) is 6.81. The van der Waals surface area contributed by atoms with Crippen molar-refractivity contribution >= 4 is 11.8 Å². The van der Waals surface area contributed by atoms with E-state index >= 15 is 0 Å². The van der Waals surface area contributed by atoms with Gasteiger partial charge in [-0.1, -0.05) is 33.8 Å². The topological polar surface area (TPSA) is 83.8 Å². The minimum Gasteiger partial charge on any atom is -0.462 e. The quantitative estimate of drug-likeness (QED) is 0.567. The number of ketones is 1. The average molecular weight is 393 g/mol. The molecule has 3 aliphatic carbocycles. The summed E-state index contributed by atoms with van der Waals surface area (Å²) >= 11 is 0. The zero-order chi connectivity index (χ0) is 20.9. The molecule has 0 aromatic rings. The third-order valence-electron chi connectivity index (χ3n) is 8.89. The van der Waals surface area contributed by atoms with Gasteiger partial charge in [-0.2, -0.15) is 0 Å². The van der Waals surface area contributed by atoms with Gasteiger partial charge in [-0.05, 0) is 42.9 Å². The average Bonchev–Trinajstić information content (AvgIpc) is 3.01. The van der Waals surface area contributed by atoms with E-state index in [1.807, 2.05) is 6.92 Å². The Balaban J connectivity index is 2.17. The standard InChI is InChI=1S/C23H36O5/c1-6-21(4)13-17(28-18(26)9-12-24)22(5)14(2)7-10-23(15(3)20(21)27)11-8-16(25)19(22)23/h6,14-15,17,19-20,24,27H,1,7-13H2,2-5H3/t14-,15+,17-,19+,20+,21+,22+,23+/m1/s1. The molecule has 0 aliphatic heterocycles. The normalized spacial score (nSPS) is 48.4. The van der Waals surface area contributed by atoms with Crippen LogP contribution >= 0.6 is 0 Å². The van der Waals surface area contributed by atoms with Crippen molar-refractivity contribution in [2.45, 2.75) is 78.4 Å². The molecule has 0 aromatic heterocycles.